The van der Waals surface area contributed by atoms with Gasteiger partial charge in [0.25, 0.3) is 0 Å². The first-order chi connectivity index (χ1) is 16.6. The summed E-state index contributed by atoms with van der Waals surface area (Å²) < 4.78 is 0. The Bertz CT molecular complexity index is 888. The monoisotopic (exact) mass is 465 g/mol. The molecule has 34 heavy (non-hydrogen) atoms. The van der Waals surface area contributed by atoms with E-state index in [0.29, 0.717) is 6.42 Å². The van der Waals surface area contributed by atoms with Crippen molar-refractivity contribution in [2.45, 2.75) is 38.6 Å². The highest BCUT2D eigenvalue weighted by atomic mass is 16.5. The molecule has 0 spiro atoms. The fourth-order valence-electron chi connectivity index (χ4n) is 4.68. The molecule has 2 aliphatic heterocycles. The molecule has 2 heterocycles. The van der Waals surface area contributed by atoms with Crippen LogP contribution < -0.4 is 10.2 Å². The Morgan fingerprint density at radius 3 is 2.15 bits per heavy atom. The van der Waals surface area contributed by atoms with Crippen LogP contribution in [0.1, 0.15) is 37.7 Å². The lowest BCUT2D eigenvalue weighted by Gasteiger charge is -2.32. The molecule has 0 unspecified atom stereocenters. The number of anilines is 3. The average molecular weight is 466 g/mol. The number of amides is 1. The van der Waals surface area contributed by atoms with Gasteiger partial charge in [-0.25, -0.2) is 5.06 Å². The molecule has 2 fully saturated rings. The summed E-state index contributed by atoms with van der Waals surface area (Å²) in [4.78, 5) is 19.5. The van der Waals surface area contributed by atoms with Gasteiger partial charge in [-0.3, -0.25) is 10.0 Å². The Kier molecular flexibility index (Phi) is 8.79. The van der Waals surface area contributed by atoms with Gasteiger partial charge in [0.05, 0.1) is 6.54 Å². The molecule has 0 aliphatic carbocycles. The van der Waals surface area contributed by atoms with Crippen molar-refractivity contribution in [3.8, 4) is 0 Å². The molecule has 2 saturated heterocycles. The quantitative estimate of drug-likeness (QED) is 0.428. The predicted molar refractivity (Wildman–Crippen MR) is 138 cm³/mol. The van der Waals surface area contributed by atoms with Crippen LogP contribution in [0.4, 0.5) is 17.1 Å². The van der Waals surface area contributed by atoms with Gasteiger partial charge in [0.15, 0.2) is 0 Å². The number of carbonyl (C=O) groups excluding carboxylic acids is 1. The van der Waals surface area contributed by atoms with Gasteiger partial charge in [-0.05, 0) is 81.2 Å². The van der Waals surface area contributed by atoms with Crippen molar-refractivity contribution in [3.05, 3.63) is 54.1 Å². The summed E-state index contributed by atoms with van der Waals surface area (Å²) in [6, 6.07) is 16.5. The van der Waals surface area contributed by atoms with Crippen LogP contribution in [0.3, 0.4) is 0 Å². The van der Waals surface area contributed by atoms with Gasteiger partial charge in [-0.2, -0.15) is 0 Å². The molecule has 0 saturated carbocycles. The van der Waals surface area contributed by atoms with Crippen LogP contribution in [0.25, 0.3) is 0 Å². The topological polar surface area (TPSA) is 62.3 Å². The molecular formula is C27H39N5O2. The molecule has 2 aromatic rings. The van der Waals surface area contributed by atoms with E-state index in [4.69, 9.17) is 0 Å². The number of carbonyl (C=O) groups is 1. The Labute approximate surface area is 203 Å². The van der Waals surface area contributed by atoms with E-state index in [2.05, 4.69) is 51.3 Å². The predicted octanol–water partition coefficient (Wildman–Crippen LogP) is 4.17. The van der Waals surface area contributed by atoms with Crippen LogP contribution in [-0.2, 0) is 11.3 Å². The lowest BCUT2D eigenvalue weighted by Crippen LogP contribution is -2.44. The van der Waals surface area contributed by atoms with E-state index < -0.39 is 0 Å². The maximum absolute atomic E-state index is 12.3. The van der Waals surface area contributed by atoms with E-state index >= 15 is 0 Å². The lowest BCUT2D eigenvalue weighted by molar-refractivity contribution is -0.168. The van der Waals surface area contributed by atoms with Crippen LogP contribution in [0.15, 0.2) is 48.5 Å². The van der Waals surface area contributed by atoms with Gasteiger partial charge < -0.3 is 20.0 Å². The third kappa shape index (κ3) is 7.19. The minimum atomic E-state index is -0.217. The van der Waals surface area contributed by atoms with Crippen LogP contribution >= 0.6 is 0 Å². The normalized spacial score (nSPS) is 17.5. The molecule has 7 heteroatoms. The molecule has 1 amide bonds. The second-order valence-corrected chi connectivity index (χ2v) is 9.62. The average Bonchev–Trinajstić information content (AvgIpc) is 2.87. The Morgan fingerprint density at radius 2 is 1.50 bits per heavy atom. The lowest BCUT2D eigenvalue weighted by atomic mass is 10.1. The van der Waals surface area contributed by atoms with Crippen LogP contribution in [0.2, 0.25) is 0 Å². The highest BCUT2D eigenvalue weighted by Gasteiger charge is 2.16. The molecule has 2 aliphatic rings. The van der Waals surface area contributed by atoms with E-state index in [1.165, 1.54) is 24.9 Å². The zero-order valence-corrected chi connectivity index (χ0v) is 20.5. The summed E-state index contributed by atoms with van der Waals surface area (Å²) in [5.41, 5.74) is 4.23. The van der Waals surface area contributed by atoms with E-state index in [0.717, 1.165) is 74.2 Å². The zero-order valence-electron chi connectivity index (χ0n) is 20.5. The van der Waals surface area contributed by atoms with Crippen molar-refractivity contribution >= 4 is 23.0 Å². The summed E-state index contributed by atoms with van der Waals surface area (Å²) in [5.74, 6) is -0.217. The van der Waals surface area contributed by atoms with E-state index in [9.17, 15) is 10.0 Å². The van der Waals surface area contributed by atoms with E-state index in [1.807, 2.05) is 24.3 Å². The Morgan fingerprint density at radius 1 is 0.882 bits per heavy atom. The number of nitrogens with one attached hydrogen (secondary N) is 1. The van der Waals surface area contributed by atoms with Gasteiger partial charge in [-0.1, -0.05) is 12.1 Å². The maximum atomic E-state index is 12.3. The number of piperidine rings is 1. The smallest absolute Gasteiger partial charge is 0.246 e. The first-order valence-electron chi connectivity index (χ1n) is 12.7. The van der Waals surface area contributed by atoms with Crippen LogP contribution in [0.5, 0.6) is 0 Å². The van der Waals surface area contributed by atoms with Crippen LogP contribution in [-0.4, -0.2) is 78.8 Å². The van der Waals surface area contributed by atoms with Crippen molar-refractivity contribution in [2.75, 3.05) is 63.1 Å². The van der Waals surface area contributed by atoms with Crippen molar-refractivity contribution in [2.24, 2.45) is 0 Å². The number of hydroxylamine groups is 2. The van der Waals surface area contributed by atoms with E-state index in [-0.39, 0.29) is 12.5 Å². The van der Waals surface area contributed by atoms with Gasteiger partial charge >= 0.3 is 0 Å². The first-order valence-corrected chi connectivity index (χ1v) is 12.7. The van der Waals surface area contributed by atoms with Crippen molar-refractivity contribution < 1.29 is 10.0 Å². The maximum Gasteiger partial charge on any atom is 0.246 e. The molecule has 7 nitrogen and oxygen atoms in total. The third-order valence-electron chi connectivity index (χ3n) is 6.91. The number of nitrogens with zero attached hydrogens (tertiary/aromatic N) is 4. The van der Waals surface area contributed by atoms with Crippen molar-refractivity contribution in [3.63, 3.8) is 0 Å². The summed E-state index contributed by atoms with van der Waals surface area (Å²) in [5, 5.41) is 14.5. The van der Waals surface area contributed by atoms with Crippen molar-refractivity contribution in [1.29, 1.82) is 0 Å². The number of hydrogen-bond donors (Lipinski definition) is 2. The number of hydrogen-bond acceptors (Lipinski definition) is 6. The number of rotatable bonds is 9. The Hall–Kier alpha value is -2.61. The largest absolute Gasteiger partial charge is 0.372 e. The number of piperazine rings is 1. The SMILES string of the molecule is CN1CCN(CCCC(=O)N(O)Cc2ccc(Nc3ccc(N4CCCCC4)cc3)cc2)CC1. The second-order valence-electron chi connectivity index (χ2n) is 9.62. The molecule has 0 bridgehead atoms. The standard InChI is InChI=1S/C27H39N5O2/c1-29-18-20-30(21-19-29)15-5-6-27(33)32(34)22-23-7-9-24(10-8-23)28-25-11-13-26(14-12-25)31-16-3-2-4-17-31/h7-14,28,34H,2-6,15-22H2,1H3. The first kappa shape index (κ1) is 24.5. The highest BCUT2D eigenvalue weighted by molar-refractivity contribution is 5.74. The van der Waals surface area contributed by atoms with Gasteiger partial charge in [0.1, 0.15) is 0 Å². The van der Waals surface area contributed by atoms with Gasteiger partial charge in [-0.15, -0.1) is 0 Å². The summed E-state index contributed by atoms with van der Waals surface area (Å²) in [6.07, 6.45) is 5.04. The molecule has 2 aromatic carbocycles. The summed E-state index contributed by atoms with van der Waals surface area (Å²) in [7, 11) is 2.14. The molecule has 2 N–H and O–H groups in total. The molecule has 0 radical (unpaired) electrons. The van der Waals surface area contributed by atoms with Crippen molar-refractivity contribution in [1.82, 2.24) is 14.9 Å². The fraction of sp³-hybridized carbons (Fsp3) is 0.519. The highest BCUT2D eigenvalue weighted by Crippen LogP contribution is 2.24. The van der Waals surface area contributed by atoms with Gasteiger partial charge in [0.2, 0.25) is 5.91 Å². The molecule has 4 rings (SSSR count). The minimum Gasteiger partial charge on any atom is -0.372 e. The number of likely N-dealkylation sites (N-methyl/N-ethyl adjacent to an activating group) is 1. The number of benzene rings is 2. The molecule has 0 aromatic heterocycles. The second kappa shape index (κ2) is 12.2. The fourth-order valence-corrected chi connectivity index (χ4v) is 4.68. The zero-order chi connectivity index (χ0) is 23.8. The Balaban J connectivity index is 1.19. The van der Waals surface area contributed by atoms with E-state index in [1.54, 1.807) is 0 Å². The molecular weight excluding hydrogens is 426 g/mol. The summed E-state index contributed by atoms with van der Waals surface area (Å²) in [6.45, 7) is 7.67. The molecule has 0 atom stereocenters. The van der Waals surface area contributed by atoms with Gasteiger partial charge in [0, 0.05) is 62.8 Å². The third-order valence-corrected chi connectivity index (χ3v) is 6.91. The van der Waals surface area contributed by atoms with Crippen LogP contribution in [0, 0.1) is 0 Å². The molecule has 184 valence electrons. The summed E-state index contributed by atoms with van der Waals surface area (Å²) >= 11 is 0. The minimum absolute atomic E-state index is 0.207.